The molecular weight excluding hydrogens is 220 g/mol. The molecule has 5 heteroatoms. The largest absolute Gasteiger partial charge is 0.396 e. The molecule has 5 nitrogen and oxygen atoms in total. The minimum absolute atomic E-state index is 0.0273. The van der Waals surface area contributed by atoms with Crippen molar-refractivity contribution in [3.05, 3.63) is 33.9 Å². The number of aliphatic hydroxyl groups excluding tert-OH is 1. The van der Waals surface area contributed by atoms with E-state index >= 15 is 0 Å². The Morgan fingerprint density at radius 2 is 2.12 bits per heavy atom. The van der Waals surface area contributed by atoms with Crippen molar-refractivity contribution in [3.63, 3.8) is 0 Å². The van der Waals surface area contributed by atoms with Crippen LogP contribution in [0.5, 0.6) is 0 Å². The minimum atomic E-state index is -0.381. The molecule has 0 aromatic heterocycles. The van der Waals surface area contributed by atoms with Gasteiger partial charge in [-0.05, 0) is 25.8 Å². The number of nitro benzene ring substituents is 1. The molecule has 1 rings (SSSR count). The molecule has 0 spiro atoms. The normalized spacial score (nSPS) is 14.1. The average Bonchev–Trinajstić information content (AvgIpc) is 2.27. The van der Waals surface area contributed by atoms with Gasteiger partial charge in [-0.2, -0.15) is 0 Å². The molecular formula is C12H18N2O3. The van der Waals surface area contributed by atoms with E-state index < -0.39 is 0 Å². The Balaban J connectivity index is 2.98. The third-order valence-electron chi connectivity index (χ3n) is 2.95. The van der Waals surface area contributed by atoms with E-state index in [1.165, 1.54) is 0 Å². The fourth-order valence-corrected chi connectivity index (χ4v) is 1.56. The maximum absolute atomic E-state index is 11.0. The summed E-state index contributed by atoms with van der Waals surface area (Å²) in [6.45, 7) is 5.55. The van der Waals surface area contributed by atoms with E-state index in [1.807, 2.05) is 13.8 Å². The first-order valence-electron chi connectivity index (χ1n) is 5.58. The van der Waals surface area contributed by atoms with Gasteiger partial charge in [-0.25, -0.2) is 0 Å². The SMILES string of the molecule is Cc1cccc(NC(C)C(C)CO)c1[N+](=O)[O-]. The van der Waals surface area contributed by atoms with Gasteiger partial charge in [0.15, 0.2) is 0 Å². The van der Waals surface area contributed by atoms with E-state index in [2.05, 4.69) is 5.32 Å². The molecule has 0 aliphatic rings. The summed E-state index contributed by atoms with van der Waals surface area (Å²) in [5.41, 5.74) is 1.23. The molecule has 0 fully saturated rings. The smallest absolute Gasteiger partial charge is 0.295 e. The Kier molecular flexibility index (Phi) is 4.45. The summed E-state index contributed by atoms with van der Waals surface area (Å²) < 4.78 is 0. The first-order chi connectivity index (χ1) is 7.97. The topological polar surface area (TPSA) is 75.4 Å². The van der Waals surface area contributed by atoms with Gasteiger partial charge in [0.25, 0.3) is 5.69 Å². The van der Waals surface area contributed by atoms with Crippen LogP contribution < -0.4 is 5.32 Å². The Morgan fingerprint density at radius 1 is 1.47 bits per heavy atom. The van der Waals surface area contributed by atoms with E-state index in [1.54, 1.807) is 25.1 Å². The maximum atomic E-state index is 11.0. The quantitative estimate of drug-likeness (QED) is 0.609. The molecule has 0 amide bonds. The summed E-state index contributed by atoms with van der Waals surface area (Å²) in [6, 6.07) is 5.15. The number of rotatable bonds is 5. The van der Waals surface area contributed by atoms with Crippen LogP contribution in [0.2, 0.25) is 0 Å². The lowest BCUT2D eigenvalue weighted by Gasteiger charge is -2.20. The number of nitro groups is 1. The van der Waals surface area contributed by atoms with Crippen LogP contribution in [0.15, 0.2) is 18.2 Å². The Morgan fingerprint density at radius 3 is 2.65 bits per heavy atom. The molecule has 0 aliphatic carbocycles. The summed E-state index contributed by atoms with van der Waals surface area (Å²) >= 11 is 0. The van der Waals surface area contributed by atoms with Gasteiger partial charge in [0.1, 0.15) is 5.69 Å². The number of anilines is 1. The fraction of sp³-hybridized carbons (Fsp3) is 0.500. The molecule has 0 heterocycles. The van der Waals surface area contributed by atoms with Crippen molar-refractivity contribution in [3.8, 4) is 0 Å². The molecule has 2 atom stereocenters. The summed E-state index contributed by atoms with van der Waals surface area (Å²) in [7, 11) is 0. The number of aryl methyl sites for hydroxylation is 1. The van der Waals surface area contributed by atoms with Crippen molar-refractivity contribution in [2.45, 2.75) is 26.8 Å². The second-order valence-corrected chi connectivity index (χ2v) is 4.32. The third-order valence-corrected chi connectivity index (χ3v) is 2.95. The van der Waals surface area contributed by atoms with Crippen LogP contribution in [-0.2, 0) is 0 Å². The third kappa shape index (κ3) is 3.17. The molecule has 1 aromatic carbocycles. The monoisotopic (exact) mass is 238 g/mol. The maximum Gasteiger partial charge on any atom is 0.295 e. The van der Waals surface area contributed by atoms with E-state index in [0.717, 1.165) is 0 Å². The number of para-hydroxylation sites is 1. The Labute approximate surface area is 101 Å². The van der Waals surface area contributed by atoms with Crippen LogP contribution >= 0.6 is 0 Å². The lowest BCUT2D eigenvalue weighted by Crippen LogP contribution is -2.26. The standard InChI is InChI=1S/C12H18N2O3/c1-8-5-4-6-11(12(8)14(16)17)13-10(3)9(2)7-15/h4-6,9-10,13,15H,7H2,1-3H3. The number of hydrogen-bond donors (Lipinski definition) is 2. The van der Waals surface area contributed by atoms with Crippen LogP contribution in [-0.4, -0.2) is 22.7 Å². The first-order valence-corrected chi connectivity index (χ1v) is 5.58. The Bertz CT molecular complexity index is 407. The molecule has 0 aliphatic heterocycles. The van der Waals surface area contributed by atoms with Crippen molar-refractivity contribution >= 4 is 11.4 Å². The van der Waals surface area contributed by atoms with E-state index in [9.17, 15) is 10.1 Å². The molecule has 0 bridgehead atoms. The van der Waals surface area contributed by atoms with Crippen LogP contribution in [0.1, 0.15) is 19.4 Å². The van der Waals surface area contributed by atoms with Crippen LogP contribution in [0.25, 0.3) is 0 Å². The fourth-order valence-electron chi connectivity index (χ4n) is 1.56. The molecule has 0 saturated heterocycles. The van der Waals surface area contributed by atoms with Crippen molar-refractivity contribution in [1.82, 2.24) is 0 Å². The van der Waals surface area contributed by atoms with E-state index in [0.29, 0.717) is 11.3 Å². The van der Waals surface area contributed by atoms with Gasteiger partial charge in [0.2, 0.25) is 0 Å². The zero-order valence-corrected chi connectivity index (χ0v) is 10.3. The summed E-state index contributed by atoms with van der Waals surface area (Å²) in [5, 5.41) is 23.1. The molecule has 94 valence electrons. The van der Waals surface area contributed by atoms with Crippen molar-refractivity contribution in [2.75, 3.05) is 11.9 Å². The number of benzene rings is 1. The van der Waals surface area contributed by atoms with Crippen LogP contribution in [0.4, 0.5) is 11.4 Å². The van der Waals surface area contributed by atoms with Crippen molar-refractivity contribution in [1.29, 1.82) is 0 Å². The summed E-state index contributed by atoms with van der Waals surface area (Å²) in [5.74, 6) is 0.0371. The predicted molar refractivity (Wildman–Crippen MR) is 67.2 cm³/mol. The number of nitrogens with zero attached hydrogens (tertiary/aromatic N) is 1. The van der Waals surface area contributed by atoms with E-state index in [4.69, 9.17) is 5.11 Å². The minimum Gasteiger partial charge on any atom is -0.396 e. The zero-order chi connectivity index (χ0) is 13.0. The second-order valence-electron chi connectivity index (χ2n) is 4.32. The highest BCUT2D eigenvalue weighted by atomic mass is 16.6. The first kappa shape index (κ1) is 13.4. The lowest BCUT2D eigenvalue weighted by molar-refractivity contribution is -0.384. The van der Waals surface area contributed by atoms with Gasteiger partial charge in [-0.1, -0.05) is 19.1 Å². The average molecular weight is 238 g/mol. The molecule has 0 radical (unpaired) electrons. The van der Waals surface area contributed by atoms with Gasteiger partial charge < -0.3 is 10.4 Å². The Hall–Kier alpha value is -1.62. The molecule has 1 aromatic rings. The van der Waals surface area contributed by atoms with Gasteiger partial charge in [-0.3, -0.25) is 10.1 Å². The predicted octanol–water partition coefficient (Wildman–Crippen LogP) is 2.33. The van der Waals surface area contributed by atoms with E-state index in [-0.39, 0.29) is 29.2 Å². The number of nitrogens with one attached hydrogen (secondary N) is 1. The lowest BCUT2D eigenvalue weighted by atomic mass is 10.0. The molecule has 2 N–H and O–H groups in total. The highest BCUT2D eigenvalue weighted by Crippen LogP contribution is 2.29. The van der Waals surface area contributed by atoms with Crippen molar-refractivity contribution < 1.29 is 10.0 Å². The second kappa shape index (κ2) is 5.63. The molecule has 0 saturated carbocycles. The summed E-state index contributed by atoms with van der Waals surface area (Å²) in [4.78, 5) is 10.6. The van der Waals surface area contributed by atoms with Gasteiger partial charge in [-0.15, -0.1) is 0 Å². The van der Waals surface area contributed by atoms with Crippen molar-refractivity contribution in [2.24, 2.45) is 5.92 Å². The number of aliphatic hydroxyl groups is 1. The number of hydrogen-bond acceptors (Lipinski definition) is 4. The van der Waals surface area contributed by atoms with Gasteiger partial charge in [0.05, 0.1) is 4.92 Å². The van der Waals surface area contributed by atoms with Gasteiger partial charge in [0, 0.05) is 18.2 Å². The van der Waals surface area contributed by atoms with Gasteiger partial charge >= 0.3 is 0 Å². The van der Waals surface area contributed by atoms with Crippen LogP contribution in [0.3, 0.4) is 0 Å². The zero-order valence-electron chi connectivity index (χ0n) is 10.3. The molecule has 2 unspecified atom stereocenters. The summed E-state index contributed by atoms with van der Waals surface area (Å²) in [6.07, 6.45) is 0. The highest BCUT2D eigenvalue weighted by molar-refractivity contribution is 5.65. The molecule has 17 heavy (non-hydrogen) atoms. The van der Waals surface area contributed by atoms with Crippen LogP contribution in [0, 0.1) is 23.0 Å². The highest BCUT2D eigenvalue weighted by Gasteiger charge is 2.19.